The van der Waals surface area contributed by atoms with Crippen LogP contribution in [0.3, 0.4) is 0 Å². The molecular formula is C16H18N2O3. The van der Waals surface area contributed by atoms with Gasteiger partial charge in [0.1, 0.15) is 12.4 Å². The first-order chi connectivity index (χ1) is 10.1. The van der Waals surface area contributed by atoms with Gasteiger partial charge in [0.05, 0.1) is 18.7 Å². The lowest BCUT2D eigenvalue weighted by Gasteiger charge is -2.30. The van der Waals surface area contributed by atoms with E-state index in [0.717, 1.165) is 11.3 Å². The van der Waals surface area contributed by atoms with Crippen molar-refractivity contribution < 1.29 is 14.3 Å². The Hall–Kier alpha value is -2.48. The fourth-order valence-electron chi connectivity index (χ4n) is 2.31. The van der Waals surface area contributed by atoms with Crippen LogP contribution < -0.4 is 15.4 Å². The number of unbranched alkanes of at least 4 members (excludes halogenated alkanes) is 1. The Morgan fingerprint density at radius 3 is 2.95 bits per heavy atom. The normalized spacial score (nSPS) is 13.0. The zero-order valence-electron chi connectivity index (χ0n) is 11.8. The van der Waals surface area contributed by atoms with Gasteiger partial charge in [0.15, 0.2) is 0 Å². The molecule has 1 aliphatic rings. The third-order valence-electron chi connectivity index (χ3n) is 3.28. The van der Waals surface area contributed by atoms with E-state index in [2.05, 4.69) is 5.92 Å². The molecule has 0 radical (unpaired) electrons. The van der Waals surface area contributed by atoms with Crippen LogP contribution in [-0.2, 0) is 16.0 Å². The lowest BCUT2D eigenvalue weighted by atomic mass is 10.1. The van der Waals surface area contributed by atoms with Crippen LogP contribution in [0.25, 0.3) is 0 Å². The number of carbonyl (C=O) groups is 2. The number of hydrogen-bond acceptors (Lipinski definition) is 3. The molecule has 0 fully saturated rings. The lowest BCUT2D eigenvalue weighted by molar-refractivity contribution is -0.119. The van der Waals surface area contributed by atoms with Gasteiger partial charge in [-0.3, -0.25) is 9.59 Å². The first-order valence-corrected chi connectivity index (χ1v) is 6.89. The van der Waals surface area contributed by atoms with Gasteiger partial charge in [-0.2, -0.15) is 0 Å². The molecule has 0 aromatic heterocycles. The fourth-order valence-corrected chi connectivity index (χ4v) is 2.31. The molecule has 5 heteroatoms. The van der Waals surface area contributed by atoms with Gasteiger partial charge in [-0.25, -0.2) is 0 Å². The second-order valence-electron chi connectivity index (χ2n) is 4.90. The zero-order chi connectivity index (χ0) is 15.2. The lowest BCUT2D eigenvalue weighted by Crippen LogP contribution is -2.37. The van der Waals surface area contributed by atoms with Crippen molar-refractivity contribution in [3.63, 3.8) is 0 Å². The highest BCUT2D eigenvalue weighted by molar-refractivity contribution is 5.95. The fraction of sp³-hybridized carbons (Fsp3) is 0.375. The molecule has 110 valence electrons. The van der Waals surface area contributed by atoms with Gasteiger partial charge in [0.2, 0.25) is 11.8 Å². The number of nitrogens with two attached hydrogens (primary N) is 1. The Kier molecular flexibility index (Phi) is 4.83. The van der Waals surface area contributed by atoms with E-state index in [0.29, 0.717) is 38.2 Å². The summed E-state index contributed by atoms with van der Waals surface area (Å²) in [4.78, 5) is 24.9. The number of nitrogens with zero attached hydrogens (tertiary/aromatic N) is 1. The molecular weight excluding hydrogens is 268 g/mol. The van der Waals surface area contributed by atoms with Crippen LogP contribution in [0.15, 0.2) is 18.2 Å². The highest BCUT2D eigenvalue weighted by Crippen LogP contribution is 2.33. The molecule has 0 saturated heterocycles. The number of rotatable bonds is 5. The first kappa shape index (κ1) is 14.9. The van der Waals surface area contributed by atoms with Crippen LogP contribution >= 0.6 is 0 Å². The maximum absolute atomic E-state index is 12.2. The summed E-state index contributed by atoms with van der Waals surface area (Å²) >= 11 is 0. The van der Waals surface area contributed by atoms with Crippen LogP contribution in [-0.4, -0.2) is 25.0 Å². The van der Waals surface area contributed by atoms with Gasteiger partial charge < -0.3 is 15.4 Å². The van der Waals surface area contributed by atoms with Crippen molar-refractivity contribution in [2.24, 2.45) is 5.73 Å². The third-order valence-corrected chi connectivity index (χ3v) is 3.28. The maximum atomic E-state index is 12.2. The summed E-state index contributed by atoms with van der Waals surface area (Å²) in [6.45, 7) is 0.963. The molecule has 1 aromatic rings. The van der Waals surface area contributed by atoms with E-state index in [4.69, 9.17) is 16.9 Å². The summed E-state index contributed by atoms with van der Waals surface area (Å²) in [5, 5.41) is 0. The Labute approximate surface area is 124 Å². The van der Waals surface area contributed by atoms with E-state index in [1.54, 1.807) is 23.1 Å². The molecule has 0 aliphatic carbocycles. The molecule has 2 amide bonds. The molecule has 1 heterocycles. The monoisotopic (exact) mass is 286 g/mol. The number of fused-ring (bicyclic) bond motifs is 1. The number of anilines is 1. The molecule has 0 atom stereocenters. The minimum atomic E-state index is -0.395. The molecule has 0 unspecified atom stereocenters. The quantitative estimate of drug-likeness (QED) is 0.654. The molecule has 5 nitrogen and oxygen atoms in total. The second-order valence-corrected chi connectivity index (χ2v) is 4.90. The van der Waals surface area contributed by atoms with Crippen molar-refractivity contribution in [3.8, 4) is 18.1 Å². The van der Waals surface area contributed by atoms with Crippen molar-refractivity contribution in [1.29, 1.82) is 0 Å². The average molecular weight is 286 g/mol. The van der Waals surface area contributed by atoms with Gasteiger partial charge in [0, 0.05) is 12.8 Å². The largest absolute Gasteiger partial charge is 0.490 e. The van der Waals surface area contributed by atoms with Gasteiger partial charge in [-0.1, -0.05) is 6.07 Å². The number of benzene rings is 1. The number of ether oxygens (including phenoxy) is 1. The van der Waals surface area contributed by atoms with Gasteiger partial charge in [-0.05, 0) is 24.1 Å². The zero-order valence-corrected chi connectivity index (χ0v) is 11.8. The minimum Gasteiger partial charge on any atom is -0.490 e. The summed E-state index contributed by atoms with van der Waals surface area (Å²) in [6.07, 6.45) is 7.06. The Bertz CT molecular complexity index is 590. The average Bonchev–Trinajstić information content (AvgIpc) is 2.46. The van der Waals surface area contributed by atoms with E-state index in [-0.39, 0.29) is 12.3 Å². The number of amides is 2. The van der Waals surface area contributed by atoms with E-state index in [1.165, 1.54) is 0 Å². The van der Waals surface area contributed by atoms with Crippen LogP contribution in [0.4, 0.5) is 5.69 Å². The molecule has 2 N–H and O–H groups in total. The van der Waals surface area contributed by atoms with E-state index in [1.807, 2.05) is 0 Å². The smallest absolute Gasteiger partial charge is 0.227 e. The summed E-state index contributed by atoms with van der Waals surface area (Å²) < 4.78 is 5.57. The Morgan fingerprint density at radius 1 is 1.43 bits per heavy atom. The predicted octanol–water partition coefficient (Wildman–Crippen LogP) is 1.24. The van der Waals surface area contributed by atoms with Gasteiger partial charge in [-0.15, -0.1) is 12.3 Å². The summed E-state index contributed by atoms with van der Waals surface area (Å²) in [7, 11) is 0. The molecule has 1 aliphatic heterocycles. The number of carbonyl (C=O) groups excluding carboxylic acids is 2. The van der Waals surface area contributed by atoms with Crippen LogP contribution in [0.5, 0.6) is 5.75 Å². The minimum absolute atomic E-state index is 0.0393. The molecule has 0 bridgehead atoms. The topological polar surface area (TPSA) is 72.6 Å². The number of primary amides is 1. The second kappa shape index (κ2) is 6.80. The Balaban J connectivity index is 2.14. The van der Waals surface area contributed by atoms with E-state index < -0.39 is 5.91 Å². The summed E-state index contributed by atoms with van der Waals surface area (Å²) in [6, 6.07) is 5.35. The SMILES string of the molecule is C#CCCCC(=O)N1CCOc2cc(CC(N)=O)ccc21. The van der Waals surface area contributed by atoms with E-state index >= 15 is 0 Å². The van der Waals surface area contributed by atoms with Gasteiger partial charge in [0.25, 0.3) is 0 Å². The maximum Gasteiger partial charge on any atom is 0.227 e. The summed E-state index contributed by atoms with van der Waals surface area (Å²) in [5.41, 5.74) is 6.70. The highest BCUT2D eigenvalue weighted by Gasteiger charge is 2.23. The van der Waals surface area contributed by atoms with Crippen LogP contribution in [0.2, 0.25) is 0 Å². The molecule has 0 spiro atoms. The van der Waals surface area contributed by atoms with Crippen LogP contribution in [0.1, 0.15) is 24.8 Å². The molecule has 21 heavy (non-hydrogen) atoms. The molecule has 1 aromatic carbocycles. The van der Waals surface area contributed by atoms with Crippen LogP contribution in [0, 0.1) is 12.3 Å². The number of terminal acetylenes is 1. The van der Waals surface area contributed by atoms with Gasteiger partial charge >= 0.3 is 0 Å². The molecule has 0 saturated carbocycles. The Morgan fingerprint density at radius 2 is 2.24 bits per heavy atom. The van der Waals surface area contributed by atoms with Crippen molar-refractivity contribution in [3.05, 3.63) is 23.8 Å². The summed E-state index contributed by atoms with van der Waals surface area (Å²) in [5.74, 6) is 2.79. The molecule has 2 rings (SSSR count). The van der Waals surface area contributed by atoms with Crippen molar-refractivity contribution in [1.82, 2.24) is 0 Å². The predicted molar refractivity (Wildman–Crippen MR) is 79.9 cm³/mol. The standard InChI is InChI=1S/C16H18N2O3/c1-2-3-4-5-16(20)18-8-9-21-14-10-12(11-15(17)19)6-7-13(14)18/h1,6-7,10H,3-5,8-9,11H2,(H2,17,19). The number of hydrogen-bond donors (Lipinski definition) is 1. The third kappa shape index (κ3) is 3.76. The van der Waals surface area contributed by atoms with E-state index in [9.17, 15) is 9.59 Å². The van der Waals surface area contributed by atoms with Crippen molar-refractivity contribution in [2.75, 3.05) is 18.1 Å². The highest BCUT2D eigenvalue weighted by atomic mass is 16.5. The first-order valence-electron chi connectivity index (χ1n) is 6.89. The van der Waals surface area contributed by atoms with Crippen molar-refractivity contribution in [2.45, 2.75) is 25.7 Å². The van der Waals surface area contributed by atoms with Crippen molar-refractivity contribution >= 4 is 17.5 Å².